The number of hydrogen-bond donors (Lipinski definition) is 2. The van der Waals surface area contributed by atoms with Gasteiger partial charge in [0.15, 0.2) is 0 Å². The Kier molecular flexibility index (Phi) is 8.28. The zero-order valence-corrected chi connectivity index (χ0v) is 14.0. The molecule has 1 amide bonds. The van der Waals surface area contributed by atoms with E-state index >= 15 is 0 Å². The van der Waals surface area contributed by atoms with Crippen molar-refractivity contribution in [2.75, 3.05) is 7.11 Å². The molecular weight excluding hydrogens is 300 g/mol. The summed E-state index contributed by atoms with van der Waals surface area (Å²) in [6, 6.07) is 8.69. The maximum Gasteiger partial charge on any atom is 0.220 e. The normalized spacial score (nSPS) is 20.8. The van der Waals surface area contributed by atoms with Crippen LogP contribution in [-0.4, -0.2) is 25.1 Å². The molecule has 1 aliphatic rings. The summed E-state index contributed by atoms with van der Waals surface area (Å²) in [6.45, 7) is 0. The zero-order valence-electron chi connectivity index (χ0n) is 13.2. The summed E-state index contributed by atoms with van der Waals surface area (Å²) in [5, 5.41) is 3.13. The van der Waals surface area contributed by atoms with Gasteiger partial charge in [0, 0.05) is 18.5 Å². The lowest BCUT2D eigenvalue weighted by Crippen LogP contribution is -2.40. The van der Waals surface area contributed by atoms with Crippen molar-refractivity contribution < 1.29 is 9.53 Å². The number of nitrogens with one attached hydrogen (secondary N) is 1. The molecule has 124 valence electrons. The van der Waals surface area contributed by atoms with Gasteiger partial charge in [-0.1, -0.05) is 12.1 Å². The number of aryl methyl sites for hydroxylation is 1. The van der Waals surface area contributed by atoms with Crippen molar-refractivity contribution in [1.29, 1.82) is 0 Å². The van der Waals surface area contributed by atoms with Crippen molar-refractivity contribution in [2.45, 2.75) is 57.0 Å². The molecule has 4 nitrogen and oxygen atoms in total. The van der Waals surface area contributed by atoms with E-state index in [0.717, 1.165) is 44.3 Å². The van der Waals surface area contributed by atoms with Crippen LogP contribution in [-0.2, 0) is 11.2 Å². The third kappa shape index (κ3) is 6.24. The van der Waals surface area contributed by atoms with Crippen LogP contribution in [0.1, 0.15) is 44.1 Å². The van der Waals surface area contributed by atoms with Crippen LogP contribution in [0.4, 0.5) is 0 Å². The Morgan fingerprint density at radius 2 is 1.86 bits per heavy atom. The molecule has 0 atom stereocenters. The second kappa shape index (κ2) is 9.70. The summed E-state index contributed by atoms with van der Waals surface area (Å²) in [6.07, 6.45) is 6.48. The number of ether oxygens (including phenoxy) is 1. The van der Waals surface area contributed by atoms with E-state index in [9.17, 15) is 4.79 Å². The molecule has 3 N–H and O–H groups in total. The second-order valence-corrected chi connectivity index (χ2v) is 5.88. The Labute approximate surface area is 139 Å². The molecule has 0 unspecified atom stereocenters. The van der Waals surface area contributed by atoms with Gasteiger partial charge in [0.05, 0.1) is 7.11 Å². The van der Waals surface area contributed by atoms with Crippen LogP contribution in [0.15, 0.2) is 24.3 Å². The molecule has 1 fully saturated rings. The van der Waals surface area contributed by atoms with Gasteiger partial charge in [-0.05, 0) is 56.2 Å². The van der Waals surface area contributed by atoms with Crippen LogP contribution in [0, 0.1) is 0 Å². The van der Waals surface area contributed by atoms with Crippen molar-refractivity contribution in [3.63, 3.8) is 0 Å². The number of methoxy groups -OCH3 is 1. The Bertz CT molecular complexity index is 442. The topological polar surface area (TPSA) is 64.3 Å². The van der Waals surface area contributed by atoms with E-state index in [1.54, 1.807) is 7.11 Å². The summed E-state index contributed by atoms with van der Waals surface area (Å²) in [5.74, 6) is 1.04. The summed E-state index contributed by atoms with van der Waals surface area (Å²) >= 11 is 0. The van der Waals surface area contributed by atoms with Gasteiger partial charge in [-0.15, -0.1) is 12.4 Å². The lowest BCUT2D eigenvalue weighted by molar-refractivity contribution is -0.122. The number of nitrogens with two attached hydrogens (primary N) is 1. The predicted octanol–water partition coefficient (Wildman–Crippen LogP) is 2.83. The minimum Gasteiger partial charge on any atom is -0.497 e. The predicted molar refractivity (Wildman–Crippen MR) is 91.6 cm³/mol. The van der Waals surface area contributed by atoms with E-state index in [1.807, 2.05) is 12.1 Å². The Hall–Kier alpha value is -1.26. The van der Waals surface area contributed by atoms with Gasteiger partial charge in [-0.25, -0.2) is 0 Å². The van der Waals surface area contributed by atoms with Crippen molar-refractivity contribution in [3.8, 4) is 5.75 Å². The lowest BCUT2D eigenvalue weighted by Gasteiger charge is -2.26. The van der Waals surface area contributed by atoms with Crippen molar-refractivity contribution >= 4 is 18.3 Å². The SMILES string of the molecule is COc1ccc(CCCC(=O)NC2CCC(N)CC2)cc1.Cl. The van der Waals surface area contributed by atoms with Crippen molar-refractivity contribution in [3.05, 3.63) is 29.8 Å². The largest absolute Gasteiger partial charge is 0.497 e. The monoisotopic (exact) mass is 326 g/mol. The smallest absolute Gasteiger partial charge is 0.220 e. The van der Waals surface area contributed by atoms with Crippen LogP contribution in [0.2, 0.25) is 0 Å². The Morgan fingerprint density at radius 3 is 2.45 bits per heavy atom. The van der Waals surface area contributed by atoms with Gasteiger partial charge in [-0.3, -0.25) is 4.79 Å². The lowest BCUT2D eigenvalue weighted by atomic mass is 9.92. The highest BCUT2D eigenvalue weighted by atomic mass is 35.5. The van der Waals surface area contributed by atoms with Crippen molar-refractivity contribution in [1.82, 2.24) is 5.32 Å². The van der Waals surface area contributed by atoms with E-state index in [-0.39, 0.29) is 18.3 Å². The summed E-state index contributed by atoms with van der Waals surface area (Å²) < 4.78 is 5.13. The second-order valence-electron chi connectivity index (χ2n) is 5.88. The molecule has 1 aromatic carbocycles. The van der Waals surface area contributed by atoms with Crippen LogP contribution in [0.25, 0.3) is 0 Å². The van der Waals surface area contributed by atoms with E-state index in [0.29, 0.717) is 18.5 Å². The fourth-order valence-electron chi connectivity index (χ4n) is 2.81. The summed E-state index contributed by atoms with van der Waals surface area (Å²) in [4.78, 5) is 11.9. The zero-order chi connectivity index (χ0) is 15.1. The molecule has 0 radical (unpaired) electrons. The molecule has 0 saturated heterocycles. The molecule has 0 heterocycles. The van der Waals surface area contributed by atoms with Gasteiger partial charge in [-0.2, -0.15) is 0 Å². The molecule has 0 bridgehead atoms. The number of rotatable bonds is 6. The molecule has 5 heteroatoms. The van der Waals surface area contributed by atoms with Crippen LogP contribution >= 0.6 is 12.4 Å². The quantitative estimate of drug-likeness (QED) is 0.845. The number of halogens is 1. The number of amides is 1. The van der Waals surface area contributed by atoms with Gasteiger partial charge in [0.1, 0.15) is 5.75 Å². The molecule has 2 rings (SSSR count). The molecule has 0 aliphatic heterocycles. The maximum absolute atomic E-state index is 11.9. The third-order valence-corrected chi connectivity index (χ3v) is 4.17. The van der Waals surface area contributed by atoms with Gasteiger partial charge in [0.2, 0.25) is 5.91 Å². The van der Waals surface area contributed by atoms with Gasteiger partial charge in [0.25, 0.3) is 0 Å². The van der Waals surface area contributed by atoms with Gasteiger partial charge < -0.3 is 15.8 Å². The van der Waals surface area contributed by atoms with E-state index in [1.165, 1.54) is 5.56 Å². The average molecular weight is 327 g/mol. The first-order valence-corrected chi connectivity index (χ1v) is 7.85. The molecule has 0 spiro atoms. The molecule has 0 aromatic heterocycles. The van der Waals surface area contributed by atoms with E-state index < -0.39 is 0 Å². The number of benzene rings is 1. The number of carbonyl (C=O) groups is 1. The third-order valence-electron chi connectivity index (χ3n) is 4.17. The fourth-order valence-corrected chi connectivity index (χ4v) is 2.81. The van der Waals surface area contributed by atoms with E-state index in [2.05, 4.69) is 17.4 Å². The summed E-state index contributed by atoms with van der Waals surface area (Å²) in [7, 11) is 1.66. The molecule has 1 saturated carbocycles. The van der Waals surface area contributed by atoms with Crippen LogP contribution < -0.4 is 15.8 Å². The Morgan fingerprint density at radius 1 is 1.23 bits per heavy atom. The standard InChI is InChI=1S/C17H26N2O2.ClH/c1-21-16-11-5-13(6-12-16)3-2-4-17(20)19-15-9-7-14(18)8-10-15;/h5-6,11-12,14-15H,2-4,7-10,18H2,1H3,(H,19,20);1H. The minimum absolute atomic E-state index is 0. The summed E-state index contributed by atoms with van der Waals surface area (Å²) in [5.41, 5.74) is 7.11. The first kappa shape index (κ1) is 18.8. The Balaban J connectivity index is 0.00000242. The minimum atomic E-state index is 0. The molecule has 1 aromatic rings. The molecule has 22 heavy (non-hydrogen) atoms. The number of hydrogen-bond acceptors (Lipinski definition) is 3. The fraction of sp³-hybridized carbons (Fsp3) is 0.588. The molecular formula is C17H27ClN2O2. The maximum atomic E-state index is 11.9. The van der Waals surface area contributed by atoms with Gasteiger partial charge >= 0.3 is 0 Å². The van der Waals surface area contributed by atoms with Crippen molar-refractivity contribution in [2.24, 2.45) is 5.73 Å². The van der Waals surface area contributed by atoms with E-state index in [4.69, 9.17) is 10.5 Å². The van der Waals surface area contributed by atoms with Crippen LogP contribution in [0.3, 0.4) is 0 Å². The molecule has 1 aliphatic carbocycles. The first-order chi connectivity index (χ1) is 10.2. The highest BCUT2D eigenvalue weighted by Crippen LogP contribution is 2.17. The highest BCUT2D eigenvalue weighted by Gasteiger charge is 2.19. The van der Waals surface area contributed by atoms with Crippen LogP contribution in [0.5, 0.6) is 5.75 Å². The number of carbonyl (C=O) groups excluding carboxylic acids is 1. The average Bonchev–Trinajstić information content (AvgIpc) is 2.50. The first-order valence-electron chi connectivity index (χ1n) is 7.85. The highest BCUT2D eigenvalue weighted by molar-refractivity contribution is 5.85.